The standard InChI is InChI=1S/C12H18N2OS/c1-3-8-16-9-7-13-10-11-5-4-6-12(14-11)15-2/h3-6,13H,1,7-10H2,2H3. The summed E-state index contributed by atoms with van der Waals surface area (Å²) in [5.74, 6) is 2.77. The van der Waals surface area contributed by atoms with E-state index in [-0.39, 0.29) is 0 Å². The van der Waals surface area contributed by atoms with E-state index in [2.05, 4.69) is 16.9 Å². The molecule has 4 heteroatoms. The van der Waals surface area contributed by atoms with Crippen molar-refractivity contribution < 1.29 is 4.74 Å². The van der Waals surface area contributed by atoms with Crippen molar-refractivity contribution in [3.05, 3.63) is 36.5 Å². The number of pyridine rings is 1. The number of thioether (sulfide) groups is 1. The predicted molar refractivity (Wildman–Crippen MR) is 70.0 cm³/mol. The van der Waals surface area contributed by atoms with Gasteiger partial charge >= 0.3 is 0 Å². The zero-order valence-corrected chi connectivity index (χ0v) is 10.4. The summed E-state index contributed by atoms with van der Waals surface area (Å²) in [6, 6.07) is 5.80. The highest BCUT2D eigenvalue weighted by Crippen LogP contribution is 2.06. The minimum absolute atomic E-state index is 0.667. The van der Waals surface area contributed by atoms with E-state index < -0.39 is 0 Å². The average Bonchev–Trinajstić information content (AvgIpc) is 2.34. The minimum atomic E-state index is 0.667. The van der Waals surface area contributed by atoms with Crippen LogP contribution in [0, 0.1) is 0 Å². The topological polar surface area (TPSA) is 34.1 Å². The third-order valence-corrected chi connectivity index (χ3v) is 2.92. The van der Waals surface area contributed by atoms with Crippen LogP contribution in [0.15, 0.2) is 30.9 Å². The summed E-state index contributed by atoms with van der Waals surface area (Å²) in [6.45, 7) is 5.45. The van der Waals surface area contributed by atoms with E-state index in [1.807, 2.05) is 36.0 Å². The highest BCUT2D eigenvalue weighted by Gasteiger charge is 1.96. The van der Waals surface area contributed by atoms with Gasteiger partial charge in [0.1, 0.15) is 0 Å². The summed E-state index contributed by atoms with van der Waals surface area (Å²) in [6.07, 6.45) is 1.92. The summed E-state index contributed by atoms with van der Waals surface area (Å²) in [4.78, 5) is 4.32. The number of hydrogen-bond donors (Lipinski definition) is 1. The van der Waals surface area contributed by atoms with E-state index in [9.17, 15) is 0 Å². The van der Waals surface area contributed by atoms with Crippen molar-refractivity contribution in [1.29, 1.82) is 0 Å². The first-order valence-corrected chi connectivity index (χ1v) is 6.41. The summed E-state index contributed by atoms with van der Waals surface area (Å²) < 4.78 is 5.06. The first-order chi connectivity index (χ1) is 7.86. The van der Waals surface area contributed by atoms with Gasteiger partial charge < -0.3 is 10.1 Å². The van der Waals surface area contributed by atoms with E-state index in [0.717, 1.165) is 30.3 Å². The third kappa shape index (κ3) is 5.19. The van der Waals surface area contributed by atoms with Crippen LogP contribution in [0.4, 0.5) is 0 Å². The molecule has 0 unspecified atom stereocenters. The highest BCUT2D eigenvalue weighted by molar-refractivity contribution is 7.99. The van der Waals surface area contributed by atoms with Crippen LogP contribution in [0.25, 0.3) is 0 Å². The maximum Gasteiger partial charge on any atom is 0.213 e. The van der Waals surface area contributed by atoms with Gasteiger partial charge in [-0.2, -0.15) is 11.8 Å². The summed E-state index contributed by atoms with van der Waals surface area (Å²) in [5.41, 5.74) is 1.01. The fourth-order valence-corrected chi connectivity index (χ4v) is 1.82. The molecule has 0 radical (unpaired) electrons. The quantitative estimate of drug-likeness (QED) is 0.555. The van der Waals surface area contributed by atoms with Crippen molar-refractivity contribution in [3.8, 4) is 5.88 Å². The third-order valence-electron chi connectivity index (χ3n) is 1.96. The molecular weight excluding hydrogens is 220 g/mol. The van der Waals surface area contributed by atoms with Crippen LogP contribution in [0.1, 0.15) is 5.69 Å². The lowest BCUT2D eigenvalue weighted by Crippen LogP contribution is -2.17. The fraction of sp³-hybridized carbons (Fsp3) is 0.417. The molecule has 0 fully saturated rings. The molecule has 0 amide bonds. The Labute approximate surface area is 101 Å². The molecule has 0 saturated carbocycles. The Kier molecular flexibility index (Phi) is 6.69. The number of hydrogen-bond acceptors (Lipinski definition) is 4. The van der Waals surface area contributed by atoms with Gasteiger partial charge in [0, 0.05) is 30.7 Å². The Morgan fingerprint density at radius 3 is 3.19 bits per heavy atom. The van der Waals surface area contributed by atoms with E-state index >= 15 is 0 Å². The van der Waals surface area contributed by atoms with Gasteiger partial charge in [-0.3, -0.25) is 0 Å². The van der Waals surface area contributed by atoms with E-state index in [1.165, 1.54) is 0 Å². The molecule has 3 nitrogen and oxygen atoms in total. The molecule has 0 atom stereocenters. The van der Waals surface area contributed by atoms with Gasteiger partial charge in [0.25, 0.3) is 0 Å². The molecule has 16 heavy (non-hydrogen) atoms. The molecule has 0 aliphatic carbocycles. The van der Waals surface area contributed by atoms with Gasteiger partial charge in [-0.15, -0.1) is 6.58 Å². The Hall–Kier alpha value is -1.00. The zero-order chi connectivity index (χ0) is 11.6. The highest BCUT2D eigenvalue weighted by atomic mass is 32.2. The lowest BCUT2D eigenvalue weighted by atomic mass is 10.3. The average molecular weight is 238 g/mol. The maximum atomic E-state index is 5.06. The molecule has 1 rings (SSSR count). The summed E-state index contributed by atoms with van der Waals surface area (Å²) >= 11 is 1.87. The molecule has 0 saturated heterocycles. The molecular formula is C12H18N2OS. The summed E-state index contributed by atoms with van der Waals surface area (Å²) in [5, 5.41) is 3.34. The van der Waals surface area contributed by atoms with Crippen LogP contribution < -0.4 is 10.1 Å². The van der Waals surface area contributed by atoms with Crippen LogP contribution in [-0.4, -0.2) is 30.1 Å². The molecule has 0 bridgehead atoms. The van der Waals surface area contributed by atoms with Crippen molar-refractivity contribution >= 4 is 11.8 Å². The van der Waals surface area contributed by atoms with Crippen LogP contribution >= 0.6 is 11.8 Å². The summed E-state index contributed by atoms with van der Waals surface area (Å²) in [7, 11) is 1.63. The Morgan fingerprint density at radius 2 is 2.44 bits per heavy atom. The lowest BCUT2D eigenvalue weighted by Gasteiger charge is -2.05. The van der Waals surface area contributed by atoms with Crippen LogP contribution in [0.3, 0.4) is 0 Å². The number of ether oxygens (including phenoxy) is 1. The number of nitrogens with one attached hydrogen (secondary N) is 1. The van der Waals surface area contributed by atoms with Crippen LogP contribution in [-0.2, 0) is 6.54 Å². The van der Waals surface area contributed by atoms with Crippen molar-refractivity contribution in [2.24, 2.45) is 0 Å². The van der Waals surface area contributed by atoms with Gasteiger partial charge in [0.15, 0.2) is 0 Å². The Morgan fingerprint density at radius 1 is 1.56 bits per heavy atom. The van der Waals surface area contributed by atoms with Crippen molar-refractivity contribution in [2.75, 3.05) is 25.2 Å². The predicted octanol–water partition coefficient (Wildman–Crippen LogP) is 2.10. The number of methoxy groups -OCH3 is 1. The number of nitrogens with zero attached hydrogens (tertiary/aromatic N) is 1. The molecule has 0 aromatic carbocycles. The van der Waals surface area contributed by atoms with E-state index in [0.29, 0.717) is 5.88 Å². The van der Waals surface area contributed by atoms with Gasteiger partial charge in [-0.25, -0.2) is 4.98 Å². The van der Waals surface area contributed by atoms with Gasteiger partial charge in [-0.05, 0) is 6.07 Å². The molecule has 1 N–H and O–H groups in total. The molecule has 1 heterocycles. The first kappa shape index (κ1) is 13.1. The van der Waals surface area contributed by atoms with Gasteiger partial charge in [-0.1, -0.05) is 12.1 Å². The lowest BCUT2D eigenvalue weighted by molar-refractivity contribution is 0.396. The number of aromatic nitrogens is 1. The smallest absolute Gasteiger partial charge is 0.213 e. The maximum absolute atomic E-state index is 5.06. The minimum Gasteiger partial charge on any atom is -0.481 e. The van der Waals surface area contributed by atoms with Crippen LogP contribution in [0.2, 0.25) is 0 Å². The van der Waals surface area contributed by atoms with Crippen molar-refractivity contribution in [3.63, 3.8) is 0 Å². The Bertz CT molecular complexity index is 318. The normalized spacial score (nSPS) is 10.1. The van der Waals surface area contributed by atoms with Crippen LogP contribution in [0.5, 0.6) is 5.88 Å². The van der Waals surface area contributed by atoms with Crippen molar-refractivity contribution in [2.45, 2.75) is 6.54 Å². The second-order valence-corrected chi connectivity index (χ2v) is 4.36. The molecule has 1 aromatic heterocycles. The van der Waals surface area contributed by atoms with Gasteiger partial charge in [0.2, 0.25) is 5.88 Å². The van der Waals surface area contributed by atoms with E-state index in [1.54, 1.807) is 7.11 Å². The van der Waals surface area contributed by atoms with Gasteiger partial charge in [0.05, 0.1) is 12.8 Å². The molecule has 0 aliphatic heterocycles. The molecule has 1 aromatic rings. The second kappa shape index (κ2) is 8.19. The van der Waals surface area contributed by atoms with Crippen molar-refractivity contribution in [1.82, 2.24) is 10.3 Å². The molecule has 0 spiro atoms. The Balaban J connectivity index is 2.18. The monoisotopic (exact) mass is 238 g/mol. The molecule has 88 valence electrons. The largest absolute Gasteiger partial charge is 0.481 e. The zero-order valence-electron chi connectivity index (χ0n) is 9.61. The first-order valence-electron chi connectivity index (χ1n) is 5.26. The SMILES string of the molecule is C=CCSCCNCc1cccc(OC)n1. The van der Waals surface area contributed by atoms with E-state index in [4.69, 9.17) is 4.74 Å². The molecule has 0 aliphatic rings. The fourth-order valence-electron chi connectivity index (χ4n) is 1.20. The second-order valence-electron chi connectivity index (χ2n) is 3.21. The number of rotatable bonds is 8.